The Labute approximate surface area is 182 Å². The number of carbonyl (C=O) groups excluding carboxylic acids is 1. The van der Waals surface area contributed by atoms with Crippen LogP contribution < -0.4 is 4.74 Å². The minimum atomic E-state index is 0.0114. The fraction of sp³-hybridized carbons (Fsp3) is 0.400. The SMILES string of the molecule is C=CC(=O)N1CCC(c2cc3cn[nH]c3c(-c3ccc(OC4CCCC4)cc3)n2)CC1. The monoisotopic (exact) mass is 416 g/mol. The van der Waals surface area contributed by atoms with Gasteiger partial charge in [-0.15, -0.1) is 0 Å². The van der Waals surface area contributed by atoms with Crippen LogP contribution in [-0.2, 0) is 4.79 Å². The van der Waals surface area contributed by atoms with E-state index in [2.05, 4.69) is 35.0 Å². The van der Waals surface area contributed by atoms with Crippen molar-refractivity contribution in [1.29, 1.82) is 0 Å². The number of carbonyl (C=O) groups is 1. The maximum Gasteiger partial charge on any atom is 0.245 e. The molecule has 6 nitrogen and oxygen atoms in total. The molecule has 2 fully saturated rings. The third-order valence-corrected chi connectivity index (χ3v) is 6.58. The first-order chi connectivity index (χ1) is 15.2. The molecule has 3 heterocycles. The second kappa shape index (κ2) is 8.53. The lowest BCUT2D eigenvalue weighted by Crippen LogP contribution is -2.36. The quantitative estimate of drug-likeness (QED) is 0.604. The molecule has 1 saturated heterocycles. The van der Waals surface area contributed by atoms with Crippen LogP contribution in [0.4, 0.5) is 0 Å². The van der Waals surface area contributed by atoms with Gasteiger partial charge in [-0.1, -0.05) is 6.58 Å². The maximum absolute atomic E-state index is 11.9. The smallest absolute Gasteiger partial charge is 0.245 e. The van der Waals surface area contributed by atoms with E-state index in [0.29, 0.717) is 12.0 Å². The van der Waals surface area contributed by atoms with Crippen LogP contribution in [0.1, 0.15) is 50.1 Å². The summed E-state index contributed by atoms with van der Waals surface area (Å²) in [5, 5.41) is 8.43. The van der Waals surface area contributed by atoms with Crippen molar-refractivity contribution >= 4 is 16.8 Å². The number of H-pyrrole nitrogens is 1. The normalized spacial score (nSPS) is 17.9. The van der Waals surface area contributed by atoms with E-state index in [-0.39, 0.29) is 5.91 Å². The molecule has 0 unspecified atom stereocenters. The van der Waals surface area contributed by atoms with Gasteiger partial charge in [-0.25, -0.2) is 0 Å². The molecule has 1 N–H and O–H groups in total. The summed E-state index contributed by atoms with van der Waals surface area (Å²) in [5.41, 5.74) is 3.99. The van der Waals surface area contributed by atoms with Gasteiger partial charge in [-0.3, -0.25) is 14.9 Å². The molecular weight excluding hydrogens is 388 g/mol. The Morgan fingerprint density at radius 3 is 2.58 bits per heavy atom. The molecular formula is C25H28N4O2. The van der Waals surface area contributed by atoms with Gasteiger partial charge in [0.25, 0.3) is 0 Å². The fourth-order valence-electron chi connectivity index (χ4n) is 4.80. The summed E-state index contributed by atoms with van der Waals surface area (Å²) in [7, 11) is 0. The molecule has 2 aromatic heterocycles. The zero-order chi connectivity index (χ0) is 21.2. The van der Waals surface area contributed by atoms with Crippen LogP contribution in [0.15, 0.2) is 49.2 Å². The van der Waals surface area contributed by atoms with Gasteiger partial charge in [0.05, 0.1) is 23.5 Å². The van der Waals surface area contributed by atoms with Gasteiger partial charge in [0.15, 0.2) is 0 Å². The van der Waals surface area contributed by atoms with Crippen LogP contribution >= 0.6 is 0 Å². The predicted molar refractivity (Wildman–Crippen MR) is 121 cm³/mol. The van der Waals surface area contributed by atoms with E-state index in [1.165, 1.54) is 18.9 Å². The van der Waals surface area contributed by atoms with Crippen LogP contribution in [-0.4, -0.2) is 45.2 Å². The van der Waals surface area contributed by atoms with Gasteiger partial charge in [0.1, 0.15) is 5.75 Å². The second-order valence-electron chi connectivity index (χ2n) is 8.58. The van der Waals surface area contributed by atoms with Crippen molar-refractivity contribution in [3.8, 4) is 17.0 Å². The lowest BCUT2D eigenvalue weighted by atomic mass is 9.92. The van der Waals surface area contributed by atoms with Crippen molar-refractivity contribution < 1.29 is 9.53 Å². The molecule has 1 saturated carbocycles. The highest BCUT2D eigenvalue weighted by atomic mass is 16.5. The zero-order valence-electron chi connectivity index (χ0n) is 17.7. The summed E-state index contributed by atoms with van der Waals surface area (Å²) in [6, 6.07) is 10.4. The molecule has 0 bridgehead atoms. The molecule has 6 heteroatoms. The summed E-state index contributed by atoms with van der Waals surface area (Å²) in [4.78, 5) is 18.8. The standard InChI is InChI=1S/C25H28N4O2/c1-2-23(30)29-13-11-17(12-14-29)22-15-19-16-26-28-25(19)24(27-22)18-7-9-21(10-8-18)31-20-5-3-4-6-20/h2,7-10,15-17,20H,1,3-6,11-14H2,(H,26,28). The van der Waals surface area contributed by atoms with Crippen molar-refractivity contribution in [3.63, 3.8) is 0 Å². The van der Waals surface area contributed by atoms with Crippen molar-refractivity contribution in [2.24, 2.45) is 0 Å². The van der Waals surface area contributed by atoms with Gasteiger partial charge in [0.2, 0.25) is 5.91 Å². The Balaban J connectivity index is 1.39. The topological polar surface area (TPSA) is 71.1 Å². The van der Waals surface area contributed by atoms with Crippen LogP contribution in [0.2, 0.25) is 0 Å². The number of hydrogen-bond donors (Lipinski definition) is 1. The van der Waals surface area contributed by atoms with Crippen LogP contribution in [0, 0.1) is 0 Å². The average Bonchev–Trinajstić information content (AvgIpc) is 3.50. The minimum absolute atomic E-state index is 0.0114. The molecule has 2 aliphatic rings. The lowest BCUT2D eigenvalue weighted by Gasteiger charge is -2.31. The first-order valence-electron chi connectivity index (χ1n) is 11.2. The second-order valence-corrected chi connectivity index (χ2v) is 8.58. The van der Waals surface area contributed by atoms with Gasteiger partial charge in [0, 0.05) is 35.7 Å². The summed E-state index contributed by atoms with van der Waals surface area (Å²) >= 11 is 0. The largest absolute Gasteiger partial charge is 0.490 e. The molecule has 1 aliphatic carbocycles. The predicted octanol–water partition coefficient (Wildman–Crippen LogP) is 4.84. The molecule has 31 heavy (non-hydrogen) atoms. The number of hydrogen-bond acceptors (Lipinski definition) is 4. The van der Waals surface area contributed by atoms with Crippen molar-refractivity contribution in [3.05, 3.63) is 54.9 Å². The van der Waals surface area contributed by atoms with Crippen LogP contribution in [0.25, 0.3) is 22.2 Å². The Kier molecular flexibility index (Phi) is 5.45. The summed E-state index contributed by atoms with van der Waals surface area (Å²) < 4.78 is 6.12. The number of piperidine rings is 1. The van der Waals surface area contributed by atoms with Gasteiger partial charge >= 0.3 is 0 Å². The van der Waals surface area contributed by atoms with Crippen molar-refractivity contribution in [2.75, 3.05) is 13.1 Å². The zero-order valence-corrected chi connectivity index (χ0v) is 17.7. The van der Waals surface area contributed by atoms with Crippen LogP contribution in [0.5, 0.6) is 5.75 Å². The Morgan fingerprint density at radius 2 is 1.87 bits per heavy atom. The Hall–Kier alpha value is -3.15. The fourth-order valence-corrected chi connectivity index (χ4v) is 4.80. The summed E-state index contributed by atoms with van der Waals surface area (Å²) in [5.74, 6) is 1.26. The number of amides is 1. The number of aromatic amines is 1. The van der Waals surface area contributed by atoms with E-state index < -0.39 is 0 Å². The number of benzene rings is 1. The van der Waals surface area contributed by atoms with E-state index >= 15 is 0 Å². The van der Waals surface area contributed by atoms with Crippen molar-refractivity contribution in [1.82, 2.24) is 20.1 Å². The summed E-state index contributed by atoms with van der Waals surface area (Å²) in [6.07, 6.45) is 10.2. The number of rotatable bonds is 5. The van der Waals surface area contributed by atoms with Gasteiger partial charge in [-0.05, 0) is 74.9 Å². The molecule has 3 aromatic rings. The molecule has 0 spiro atoms. The van der Waals surface area contributed by atoms with Crippen molar-refractivity contribution in [2.45, 2.75) is 50.5 Å². The van der Waals surface area contributed by atoms with E-state index in [9.17, 15) is 4.79 Å². The third-order valence-electron chi connectivity index (χ3n) is 6.58. The highest BCUT2D eigenvalue weighted by Crippen LogP contribution is 2.34. The van der Waals surface area contributed by atoms with Crippen LogP contribution in [0.3, 0.4) is 0 Å². The average molecular weight is 417 g/mol. The maximum atomic E-state index is 11.9. The molecule has 1 amide bonds. The Bertz CT molecular complexity index is 1070. The first kappa shape index (κ1) is 19.8. The van der Waals surface area contributed by atoms with E-state index in [4.69, 9.17) is 9.72 Å². The number of nitrogens with one attached hydrogen (secondary N) is 1. The summed E-state index contributed by atoms with van der Waals surface area (Å²) in [6.45, 7) is 5.08. The van der Waals surface area contributed by atoms with E-state index in [1.54, 1.807) is 0 Å². The number of fused-ring (bicyclic) bond motifs is 1. The number of pyridine rings is 1. The lowest BCUT2D eigenvalue weighted by molar-refractivity contribution is -0.127. The molecule has 1 aromatic carbocycles. The molecule has 0 radical (unpaired) electrons. The van der Waals surface area contributed by atoms with E-state index in [1.807, 2.05) is 23.2 Å². The number of aromatic nitrogens is 3. The highest BCUT2D eigenvalue weighted by Gasteiger charge is 2.25. The van der Waals surface area contributed by atoms with Gasteiger partial charge < -0.3 is 9.64 Å². The number of nitrogens with zero attached hydrogens (tertiary/aromatic N) is 3. The highest BCUT2D eigenvalue weighted by molar-refractivity contribution is 5.91. The number of ether oxygens (including phenoxy) is 1. The molecule has 0 atom stereocenters. The number of likely N-dealkylation sites (tertiary alicyclic amines) is 1. The minimum Gasteiger partial charge on any atom is -0.490 e. The van der Waals surface area contributed by atoms with E-state index in [0.717, 1.165) is 72.4 Å². The third kappa shape index (κ3) is 4.07. The molecule has 160 valence electrons. The molecule has 1 aliphatic heterocycles. The van der Waals surface area contributed by atoms with Gasteiger partial charge in [-0.2, -0.15) is 5.10 Å². The first-order valence-corrected chi connectivity index (χ1v) is 11.2. The Morgan fingerprint density at radius 1 is 1.13 bits per heavy atom. The molecule has 5 rings (SSSR count).